The van der Waals surface area contributed by atoms with Crippen LogP contribution in [0.25, 0.3) is 0 Å². The van der Waals surface area contributed by atoms with Crippen LogP contribution in [0.1, 0.15) is 113 Å². The number of rotatable bonds is 27. The lowest BCUT2D eigenvalue weighted by molar-refractivity contribution is 0.0106. The standard InChI is InChI=1S/C40H58O4S2/c1-42-38-27-23-36(24-28-38)40(35-21-16-15-17-22-35,37-25-29-39(43-2)30-26-37)44-32-18-13-11-9-7-5-3-4-6-8-10-12-14-19-33-45-46-34-20-31-41/h15-17,21-30,41H,3-14,18-20,31-34H2,1-2H3. The van der Waals surface area contributed by atoms with Crippen molar-refractivity contribution in [3.63, 3.8) is 0 Å². The fraction of sp³-hybridized carbons (Fsp3) is 0.550. The van der Waals surface area contributed by atoms with Crippen molar-refractivity contribution in [3.8, 4) is 11.5 Å². The molecule has 0 aliphatic carbocycles. The van der Waals surface area contributed by atoms with Gasteiger partial charge < -0.3 is 19.3 Å². The molecule has 6 heteroatoms. The molecular formula is C40H58O4S2. The Morgan fingerprint density at radius 3 is 1.30 bits per heavy atom. The van der Waals surface area contributed by atoms with Crippen LogP contribution in [0.5, 0.6) is 11.5 Å². The van der Waals surface area contributed by atoms with Crippen LogP contribution >= 0.6 is 21.6 Å². The van der Waals surface area contributed by atoms with Crippen molar-refractivity contribution < 1.29 is 19.3 Å². The van der Waals surface area contributed by atoms with Crippen molar-refractivity contribution >= 4 is 21.6 Å². The predicted octanol–water partition coefficient (Wildman–Crippen LogP) is 11.2. The number of hydrogen-bond acceptors (Lipinski definition) is 6. The summed E-state index contributed by atoms with van der Waals surface area (Å²) in [5.74, 6) is 4.00. The van der Waals surface area contributed by atoms with E-state index in [9.17, 15) is 0 Å². The molecule has 0 unspecified atom stereocenters. The summed E-state index contributed by atoms with van der Waals surface area (Å²) in [4.78, 5) is 0. The molecule has 0 aliphatic rings. The molecule has 0 atom stereocenters. The second-order valence-electron chi connectivity index (χ2n) is 12.0. The first kappa shape index (κ1) is 38.3. The van der Waals surface area contributed by atoms with Crippen molar-refractivity contribution in [2.75, 3.05) is 38.9 Å². The number of unbranched alkanes of at least 4 members (excludes halogenated alkanes) is 13. The normalized spacial score (nSPS) is 11.5. The lowest BCUT2D eigenvalue weighted by Gasteiger charge is -2.36. The largest absolute Gasteiger partial charge is 0.497 e. The fourth-order valence-electron chi connectivity index (χ4n) is 5.93. The summed E-state index contributed by atoms with van der Waals surface area (Å²) in [6, 6.07) is 27.1. The second-order valence-corrected chi connectivity index (χ2v) is 14.7. The highest BCUT2D eigenvalue weighted by Crippen LogP contribution is 2.41. The van der Waals surface area contributed by atoms with E-state index in [0.29, 0.717) is 13.2 Å². The van der Waals surface area contributed by atoms with Crippen LogP contribution in [-0.4, -0.2) is 44.0 Å². The molecule has 254 valence electrons. The van der Waals surface area contributed by atoms with Crippen molar-refractivity contribution in [2.24, 2.45) is 0 Å². The molecule has 0 aliphatic heterocycles. The molecule has 0 fully saturated rings. The van der Waals surface area contributed by atoms with Gasteiger partial charge in [-0.25, -0.2) is 0 Å². The number of methoxy groups -OCH3 is 2. The number of benzene rings is 3. The van der Waals surface area contributed by atoms with E-state index in [1.54, 1.807) is 14.2 Å². The van der Waals surface area contributed by atoms with Gasteiger partial charge in [0.1, 0.15) is 17.1 Å². The average Bonchev–Trinajstić information content (AvgIpc) is 3.11. The van der Waals surface area contributed by atoms with Crippen LogP contribution in [0.2, 0.25) is 0 Å². The quantitative estimate of drug-likeness (QED) is 0.0496. The van der Waals surface area contributed by atoms with Gasteiger partial charge in [-0.05, 0) is 60.2 Å². The first-order valence-electron chi connectivity index (χ1n) is 17.6. The Morgan fingerprint density at radius 2 is 0.870 bits per heavy atom. The number of aliphatic hydroxyl groups excluding tert-OH is 1. The smallest absolute Gasteiger partial charge is 0.143 e. The first-order valence-corrected chi connectivity index (χ1v) is 20.1. The molecule has 3 aromatic carbocycles. The Labute approximate surface area is 287 Å². The number of hydrogen-bond donors (Lipinski definition) is 1. The molecule has 0 aromatic heterocycles. The summed E-state index contributed by atoms with van der Waals surface area (Å²) < 4.78 is 17.9. The molecule has 4 nitrogen and oxygen atoms in total. The molecule has 46 heavy (non-hydrogen) atoms. The third-order valence-electron chi connectivity index (χ3n) is 8.58. The van der Waals surface area contributed by atoms with Crippen LogP contribution in [0.4, 0.5) is 0 Å². The van der Waals surface area contributed by atoms with Gasteiger partial charge in [-0.15, -0.1) is 0 Å². The topological polar surface area (TPSA) is 47.9 Å². The van der Waals surface area contributed by atoms with Gasteiger partial charge >= 0.3 is 0 Å². The predicted molar refractivity (Wildman–Crippen MR) is 200 cm³/mol. The van der Waals surface area contributed by atoms with Crippen LogP contribution < -0.4 is 9.47 Å². The summed E-state index contributed by atoms with van der Waals surface area (Å²) in [5, 5.41) is 8.81. The Balaban J connectivity index is 1.36. The molecule has 0 amide bonds. The van der Waals surface area contributed by atoms with E-state index in [1.807, 2.05) is 45.9 Å². The molecule has 0 spiro atoms. The monoisotopic (exact) mass is 666 g/mol. The van der Waals surface area contributed by atoms with Crippen LogP contribution in [0.3, 0.4) is 0 Å². The third-order valence-corrected chi connectivity index (χ3v) is 11.2. The molecule has 0 bridgehead atoms. The van der Waals surface area contributed by atoms with E-state index in [0.717, 1.165) is 46.8 Å². The molecule has 3 rings (SSSR count). The van der Waals surface area contributed by atoms with Crippen LogP contribution in [0, 0.1) is 0 Å². The lowest BCUT2D eigenvalue weighted by Crippen LogP contribution is -2.33. The van der Waals surface area contributed by atoms with Gasteiger partial charge in [0.05, 0.1) is 14.2 Å². The van der Waals surface area contributed by atoms with E-state index in [-0.39, 0.29) is 0 Å². The molecule has 0 radical (unpaired) electrons. The summed E-state index contributed by atoms with van der Waals surface area (Å²) in [6.07, 6.45) is 19.5. The van der Waals surface area contributed by atoms with Gasteiger partial charge in [-0.1, -0.05) is 153 Å². The van der Waals surface area contributed by atoms with E-state index in [1.165, 1.54) is 89.2 Å². The van der Waals surface area contributed by atoms with E-state index < -0.39 is 5.60 Å². The van der Waals surface area contributed by atoms with E-state index >= 15 is 0 Å². The minimum Gasteiger partial charge on any atom is -0.497 e. The summed E-state index contributed by atoms with van der Waals surface area (Å²) in [7, 11) is 7.29. The Kier molecular flexibility index (Phi) is 20.1. The average molecular weight is 667 g/mol. The zero-order valence-corrected chi connectivity index (χ0v) is 30.1. The zero-order chi connectivity index (χ0) is 32.5. The van der Waals surface area contributed by atoms with Crippen LogP contribution in [-0.2, 0) is 10.3 Å². The second kappa shape index (κ2) is 24.1. The molecule has 0 saturated heterocycles. The van der Waals surface area contributed by atoms with Crippen molar-refractivity contribution in [1.29, 1.82) is 0 Å². The highest BCUT2D eigenvalue weighted by atomic mass is 33.1. The molecule has 0 heterocycles. The first-order chi connectivity index (χ1) is 22.7. The fourth-order valence-corrected chi connectivity index (χ4v) is 8.14. The van der Waals surface area contributed by atoms with Crippen molar-refractivity contribution in [2.45, 2.75) is 102 Å². The van der Waals surface area contributed by atoms with Gasteiger partial charge in [0.25, 0.3) is 0 Å². The molecule has 1 N–H and O–H groups in total. The highest BCUT2D eigenvalue weighted by Gasteiger charge is 2.37. The lowest BCUT2D eigenvalue weighted by atomic mass is 9.80. The molecule has 3 aromatic rings. The summed E-state index contributed by atoms with van der Waals surface area (Å²) in [6.45, 7) is 1.01. The Morgan fingerprint density at radius 1 is 0.478 bits per heavy atom. The van der Waals surface area contributed by atoms with Crippen molar-refractivity contribution in [1.82, 2.24) is 0 Å². The highest BCUT2D eigenvalue weighted by molar-refractivity contribution is 8.76. The zero-order valence-electron chi connectivity index (χ0n) is 28.4. The van der Waals surface area contributed by atoms with Gasteiger partial charge in [0.15, 0.2) is 0 Å². The maximum absolute atomic E-state index is 8.81. The van der Waals surface area contributed by atoms with E-state index in [2.05, 4.69) is 54.6 Å². The third kappa shape index (κ3) is 13.5. The molecule has 0 saturated carbocycles. The Hall–Kier alpha value is -2.12. The summed E-state index contributed by atoms with van der Waals surface area (Å²) >= 11 is 0. The number of aliphatic hydroxyl groups is 1. The van der Waals surface area contributed by atoms with E-state index in [4.69, 9.17) is 19.3 Å². The van der Waals surface area contributed by atoms with Gasteiger partial charge in [-0.3, -0.25) is 0 Å². The van der Waals surface area contributed by atoms with Crippen LogP contribution in [0.15, 0.2) is 78.9 Å². The maximum atomic E-state index is 8.81. The number of ether oxygens (including phenoxy) is 3. The SMILES string of the molecule is COc1ccc(C(OCCCCCCCCCCCCCCCCSSCCCO)(c2ccccc2)c2ccc(OC)cc2)cc1. The van der Waals surface area contributed by atoms with Gasteiger partial charge in [0.2, 0.25) is 0 Å². The summed E-state index contributed by atoms with van der Waals surface area (Å²) in [5.41, 5.74) is 2.57. The minimum absolute atomic E-state index is 0.320. The molecular weight excluding hydrogens is 609 g/mol. The Bertz CT molecular complexity index is 1090. The van der Waals surface area contributed by atoms with Gasteiger partial charge in [-0.2, -0.15) is 0 Å². The van der Waals surface area contributed by atoms with Crippen molar-refractivity contribution in [3.05, 3.63) is 95.6 Å². The maximum Gasteiger partial charge on any atom is 0.143 e. The minimum atomic E-state index is -0.723. The van der Waals surface area contributed by atoms with Gasteiger partial charge in [0, 0.05) is 24.7 Å².